The van der Waals surface area contributed by atoms with Crippen LogP contribution in [0.4, 0.5) is 15.1 Å². The molecule has 0 fully saturated rings. The SMILES string of the molecule is N#Cc1cnc(NC(CNC(=O)O)c2ccc(F)cc2)nc1. The van der Waals surface area contributed by atoms with Crippen molar-refractivity contribution in [1.82, 2.24) is 15.3 Å². The van der Waals surface area contributed by atoms with E-state index in [0.29, 0.717) is 11.1 Å². The van der Waals surface area contributed by atoms with Gasteiger partial charge in [0.1, 0.15) is 11.9 Å². The van der Waals surface area contributed by atoms with Crippen LogP contribution in [0.3, 0.4) is 0 Å². The van der Waals surface area contributed by atoms with E-state index >= 15 is 0 Å². The van der Waals surface area contributed by atoms with Crippen LogP contribution in [0.5, 0.6) is 0 Å². The smallest absolute Gasteiger partial charge is 0.404 e. The molecule has 3 N–H and O–H groups in total. The maximum absolute atomic E-state index is 13.0. The average Bonchev–Trinajstić information content (AvgIpc) is 2.53. The Bertz CT molecular complexity index is 682. The first-order chi connectivity index (χ1) is 10.6. The molecule has 112 valence electrons. The highest BCUT2D eigenvalue weighted by Gasteiger charge is 2.14. The Morgan fingerprint density at radius 2 is 1.95 bits per heavy atom. The van der Waals surface area contributed by atoms with Crippen molar-refractivity contribution in [3.8, 4) is 6.07 Å². The first-order valence-corrected chi connectivity index (χ1v) is 6.29. The molecule has 2 rings (SSSR count). The van der Waals surface area contributed by atoms with Crippen molar-refractivity contribution in [3.63, 3.8) is 0 Å². The summed E-state index contributed by atoms with van der Waals surface area (Å²) in [5.74, 6) is -0.149. The first-order valence-electron chi connectivity index (χ1n) is 6.29. The lowest BCUT2D eigenvalue weighted by Gasteiger charge is -2.19. The first kappa shape index (κ1) is 15.2. The van der Waals surface area contributed by atoms with E-state index in [1.807, 2.05) is 6.07 Å². The van der Waals surface area contributed by atoms with Gasteiger partial charge >= 0.3 is 6.09 Å². The Hall–Kier alpha value is -3.21. The minimum Gasteiger partial charge on any atom is -0.465 e. The largest absolute Gasteiger partial charge is 0.465 e. The predicted octanol–water partition coefficient (Wildman–Crippen LogP) is 1.91. The molecule has 0 aliphatic heterocycles. The summed E-state index contributed by atoms with van der Waals surface area (Å²) in [4.78, 5) is 18.6. The fourth-order valence-electron chi connectivity index (χ4n) is 1.75. The van der Waals surface area contributed by atoms with Gasteiger partial charge in [0, 0.05) is 6.54 Å². The van der Waals surface area contributed by atoms with Crippen LogP contribution in [0, 0.1) is 17.1 Å². The summed E-state index contributed by atoms with van der Waals surface area (Å²) in [6, 6.07) is 7.07. The molecule has 2 aromatic rings. The van der Waals surface area contributed by atoms with E-state index in [0.717, 1.165) is 0 Å². The van der Waals surface area contributed by atoms with Crippen LogP contribution >= 0.6 is 0 Å². The molecule has 7 nitrogen and oxygen atoms in total. The molecular formula is C14H12FN5O2. The summed E-state index contributed by atoms with van der Waals surface area (Å²) >= 11 is 0. The third-order valence-corrected chi connectivity index (χ3v) is 2.81. The van der Waals surface area contributed by atoms with E-state index in [2.05, 4.69) is 20.6 Å². The van der Waals surface area contributed by atoms with Crippen LogP contribution in [0.15, 0.2) is 36.7 Å². The monoisotopic (exact) mass is 301 g/mol. The van der Waals surface area contributed by atoms with E-state index in [1.165, 1.54) is 24.5 Å². The van der Waals surface area contributed by atoms with Crippen LogP contribution in [0.2, 0.25) is 0 Å². The molecular weight excluding hydrogens is 289 g/mol. The second-order valence-electron chi connectivity index (χ2n) is 4.34. The van der Waals surface area contributed by atoms with Crippen LogP contribution in [-0.4, -0.2) is 27.7 Å². The third-order valence-electron chi connectivity index (χ3n) is 2.81. The number of aromatic nitrogens is 2. The van der Waals surface area contributed by atoms with Crippen molar-refractivity contribution >= 4 is 12.0 Å². The summed E-state index contributed by atoms with van der Waals surface area (Å²) in [5.41, 5.74) is 0.982. The molecule has 0 bridgehead atoms. The lowest BCUT2D eigenvalue weighted by Crippen LogP contribution is -2.30. The molecule has 1 atom stereocenters. The zero-order valence-electron chi connectivity index (χ0n) is 11.3. The van der Waals surface area contributed by atoms with Crippen molar-refractivity contribution in [2.75, 3.05) is 11.9 Å². The molecule has 0 aliphatic carbocycles. The van der Waals surface area contributed by atoms with Gasteiger partial charge in [-0.1, -0.05) is 12.1 Å². The maximum atomic E-state index is 13.0. The van der Waals surface area contributed by atoms with Crippen molar-refractivity contribution in [2.45, 2.75) is 6.04 Å². The lowest BCUT2D eigenvalue weighted by atomic mass is 10.1. The number of benzene rings is 1. The quantitative estimate of drug-likeness (QED) is 0.778. The predicted molar refractivity (Wildman–Crippen MR) is 75.5 cm³/mol. The van der Waals surface area contributed by atoms with E-state index < -0.39 is 12.1 Å². The van der Waals surface area contributed by atoms with Crippen LogP contribution in [0.25, 0.3) is 0 Å². The zero-order valence-corrected chi connectivity index (χ0v) is 11.3. The summed E-state index contributed by atoms with van der Waals surface area (Å²) in [7, 11) is 0. The highest BCUT2D eigenvalue weighted by molar-refractivity contribution is 5.64. The van der Waals surface area contributed by atoms with Gasteiger partial charge in [0.05, 0.1) is 24.0 Å². The van der Waals surface area contributed by atoms with E-state index in [1.54, 1.807) is 12.1 Å². The summed E-state index contributed by atoms with van der Waals surface area (Å²) in [5, 5.41) is 22.6. The summed E-state index contributed by atoms with van der Waals surface area (Å²) in [6.07, 6.45) is 1.53. The molecule has 0 saturated carbocycles. The van der Waals surface area contributed by atoms with Crippen LogP contribution in [0.1, 0.15) is 17.2 Å². The molecule has 1 aromatic heterocycles. The fraction of sp³-hybridized carbons (Fsp3) is 0.143. The number of hydrogen-bond acceptors (Lipinski definition) is 5. The van der Waals surface area contributed by atoms with Gasteiger partial charge in [-0.2, -0.15) is 5.26 Å². The number of anilines is 1. The standard InChI is InChI=1S/C14H12FN5O2/c15-11-3-1-10(2-4-11)12(8-19-14(21)22)20-13-17-6-9(5-16)7-18-13/h1-4,6-7,12,19H,8H2,(H,21,22)(H,17,18,20). The number of carbonyl (C=O) groups is 1. The Morgan fingerprint density at radius 1 is 1.32 bits per heavy atom. The Balaban J connectivity index is 2.17. The van der Waals surface area contributed by atoms with E-state index in [4.69, 9.17) is 10.4 Å². The van der Waals surface area contributed by atoms with Gasteiger partial charge in [-0.25, -0.2) is 19.2 Å². The number of carboxylic acid groups (broad SMARTS) is 1. The number of amides is 1. The molecule has 0 saturated heterocycles. The number of rotatable bonds is 5. The Labute approximate surface area is 125 Å². The zero-order chi connectivity index (χ0) is 15.9. The molecule has 1 heterocycles. The van der Waals surface area contributed by atoms with Gasteiger partial charge in [-0.15, -0.1) is 0 Å². The summed E-state index contributed by atoms with van der Waals surface area (Å²) in [6.45, 7) is 0.0460. The summed E-state index contributed by atoms with van der Waals surface area (Å²) < 4.78 is 13.0. The van der Waals surface area contributed by atoms with Crippen molar-refractivity contribution in [2.24, 2.45) is 0 Å². The third kappa shape index (κ3) is 4.14. The van der Waals surface area contributed by atoms with Gasteiger partial charge in [-0.05, 0) is 17.7 Å². The molecule has 1 amide bonds. The maximum Gasteiger partial charge on any atom is 0.404 e. The Morgan fingerprint density at radius 3 is 2.50 bits per heavy atom. The highest BCUT2D eigenvalue weighted by atomic mass is 19.1. The van der Waals surface area contributed by atoms with Crippen LogP contribution in [-0.2, 0) is 0 Å². The molecule has 1 aromatic carbocycles. The van der Waals surface area contributed by atoms with Crippen molar-refractivity contribution in [3.05, 3.63) is 53.6 Å². The van der Waals surface area contributed by atoms with Crippen molar-refractivity contribution in [1.29, 1.82) is 5.26 Å². The minimum absolute atomic E-state index is 0.0460. The molecule has 22 heavy (non-hydrogen) atoms. The minimum atomic E-state index is -1.17. The molecule has 8 heteroatoms. The van der Waals surface area contributed by atoms with E-state index in [-0.39, 0.29) is 18.3 Å². The fourth-order valence-corrected chi connectivity index (χ4v) is 1.75. The molecule has 0 aliphatic rings. The highest BCUT2D eigenvalue weighted by Crippen LogP contribution is 2.17. The second kappa shape index (κ2) is 6.99. The molecule has 0 radical (unpaired) electrons. The number of nitriles is 1. The van der Waals surface area contributed by atoms with Gasteiger partial charge < -0.3 is 15.7 Å². The second-order valence-corrected chi connectivity index (χ2v) is 4.34. The number of hydrogen-bond donors (Lipinski definition) is 3. The average molecular weight is 301 g/mol. The molecule has 1 unspecified atom stereocenters. The normalized spacial score (nSPS) is 11.3. The Kier molecular flexibility index (Phi) is 4.82. The van der Waals surface area contributed by atoms with Gasteiger partial charge in [0.25, 0.3) is 0 Å². The number of nitrogens with zero attached hydrogens (tertiary/aromatic N) is 3. The van der Waals surface area contributed by atoms with E-state index in [9.17, 15) is 9.18 Å². The number of nitrogens with one attached hydrogen (secondary N) is 2. The number of halogens is 1. The van der Waals surface area contributed by atoms with Gasteiger partial charge in [-0.3, -0.25) is 0 Å². The van der Waals surface area contributed by atoms with Gasteiger partial charge in [0.2, 0.25) is 5.95 Å². The van der Waals surface area contributed by atoms with Crippen molar-refractivity contribution < 1.29 is 14.3 Å². The van der Waals surface area contributed by atoms with Gasteiger partial charge in [0.15, 0.2) is 0 Å². The molecule has 0 spiro atoms. The van der Waals surface area contributed by atoms with Crippen LogP contribution < -0.4 is 10.6 Å². The topological polar surface area (TPSA) is 111 Å². The lowest BCUT2D eigenvalue weighted by molar-refractivity contribution is 0.194.